The zero-order chi connectivity index (χ0) is 17.2. The predicted octanol–water partition coefficient (Wildman–Crippen LogP) is 3.24. The molecule has 24 heavy (non-hydrogen) atoms. The minimum atomic E-state index is -3.67. The maximum atomic E-state index is 12.8. The van der Waals surface area contributed by atoms with E-state index in [1.807, 2.05) is 18.2 Å². The van der Waals surface area contributed by atoms with Gasteiger partial charge in [-0.2, -0.15) is 4.31 Å². The number of nitrogens with zero attached hydrogens (tertiary/aromatic N) is 1. The molecule has 1 saturated heterocycles. The zero-order valence-electron chi connectivity index (χ0n) is 12.9. The summed E-state index contributed by atoms with van der Waals surface area (Å²) in [6.07, 6.45) is 1.18. The van der Waals surface area contributed by atoms with Crippen molar-refractivity contribution in [3.05, 3.63) is 59.1 Å². The second kappa shape index (κ2) is 7.04. The number of anilines is 1. The molecule has 3 rings (SSSR count). The molecule has 0 aromatic heterocycles. The quantitative estimate of drug-likeness (QED) is 0.843. The summed E-state index contributed by atoms with van der Waals surface area (Å²) >= 11 is 3.38. The van der Waals surface area contributed by atoms with E-state index < -0.39 is 16.1 Å². The number of carbonyl (C=O) groups excluding carboxylic acids is 1. The molecule has 0 spiro atoms. The zero-order valence-corrected chi connectivity index (χ0v) is 15.3. The van der Waals surface area contributed by atoms with Crippen molar-refractivity contribution >= 4 is 37.5 Å². The average molecular weight is 409 g/mol. The van der Waals surface area contributed by atoms with Gasteiger partial charge in [-0.15, -0.1) is 0 Å². The Labute approximate surface area is 149 Å². The third-order valence-electron chi connectivity index (χ3n) is 3.99. The van der Waals surface area contributed by atoms with Crippen molar-refractivity contribution in [2.45, 2.75) is 23.8 Å². The molecule has 0 radical (unpaired) electrons. The molecule has 1 aliphatic rings. The molecule has 1 unspecified atom stereocenters. The second-order valence-electron chi connectivity index (χ2n) is 5.56. The SMILES string of the molecule is O=C(Nc1ccccc1Br)C1CCCN1S(=O)(=O)c1ccccc1. The second-order valence-corrected chi connectivity index (χ2v) is 8.30. The fourth-order valence-corrected chi connectivity index (χ4v) is 4.86. The minimum absolute atomic E-state index is 0.214. The number of benzene rings is 2. The Balaban J connectivity index is 1.83. The van der Waals surface area contributed by atoms with Gasteiger partial charge in [0.05, 0.1) is 10.6 Å². The Kier molecular flexibility index (Phi) is 5.03. The standard InChI is InChI=1S/C17H17BrN2O3S/c18-14-9-4-5-10-15(14)19-17(21)16-11-6-12-20(16)24(22,23)13-7-2-1-3-8-13/h1-5,7-10,16H,6,11-12H2,(H,19,21). The maximum absolute atomic E-state index is 12.8. The number of nitrogens with one attached hydrogen (secondary N) is 1. The lowest BCUT2D eigenvalue weighted by atomic mass is 10.2. The van der Waals surface area contributed by atoms with Crippen molar-refractivity contribution in [3.8, 4) is 0 Å². The molecule has 2 aromatic rings. The number of hydrogen-bond acceptors (Lipinski definition) is 3. The number of sulfonamides is 1. The van der Waals surface area contributed by atoms with E-state index in [9.17, 15) is 13.2 Å². The van der Waals surface area contributed by atoms with Gasteiger partial charge in [0.1, 0.15) is 6.04 Å². The van der Waals surface area contributed by atoms with Crippen molar-refractivity contribution in [3.63, 3.8) is 0 Å². The van der Waals surface area contributed by atoms with Crippen molar-refractivity contribution in [2.75, 3.05) is 11.9 Å². The molecule has 5 nitrogen and oxygen atoms in total. The molecule has 1 N–H and O–H groups in total. The van der Waals surface area contributed by atoms with Gasteiger partial charge in [0.15, 0.2) is 0 Å². The lowest BCUT2D eigenvalue weighted by molar-refractivity contribution is -0.119. The van der Waals surface area contributed by atoms with Gasteiger partial charge in [-0.3, -0.25) is 4.79 Å². The topological polar surface area (TPSA) is 66.5 Å². The molecule has 126 valence electrons. The van der Waals surface area contributed by atoms with Gasteiger partial charge in [-0.05, 0) is 53.0 Å². The molecular formula is C17H17BrN2O3S. The van der Waals surface area contributed by atoms with Gasteiger partial charge >= 0.3 is 0 Å². The highest BCUT2D eigenvalue weighted by atomic mass is 79.9. The minimum Gasteiger partial charge on any atom is -0.324 e. The van der Waals surface area contributed by atoms with Crippen LogP contribution in [0.3, 0.4) is 0 Å². The van der Waals surface area contributed by atoms with Crippen LogP contribution in [0.4, 0.5) is 5.69 Å². The highest BCUT2D eigenvalue weighted by molar-refractivity contribution is 9.10. The molecule has 0 bridgehead atoms. The Morgan fingerprint density at radius 1 is 1.08 bits per heavy atom. The number of carbonyl (C=O) groups is 1. The van der Waals surface area contributed by atoms with Crippen molar-refractivity contribution < 1.29 is 13.2 Å². The van der Waals surface area contributed by atoms with E-state index in [0.717, 1.165) is 4.47 Å². The van der Waals surface area contributed by atoms with Gasteiger partial charge in [0, 0.05) is 11.0 Å². The number of rotatable bonds is 4. The molecule has 1 aliphatic heterocycles. The van der Waals surface area contributed by atoms with E-state index in [1.165, 1.54) is 4.31 Å². The van der Waals surface area contributed by atoms with Gasteiger partial charge < -0.3 is 5.32 Å². The largest absolute Gasteiger partial charge is 0.324 e. The van der Waals surface area contributed by atoms with Crippen LogP contribution in [0.1, 0.15) is 12.8 Å². The fraction of sp³-hybridized carbons (Fsp3) is 0.235. The third-order valence-corrected chi connectivity index (χ3v) is 6.60. The van der Waals surface area contributed by atoms with Gasteiger partial charge in [-0.25, -0.2) is 8.42 Å². The van der Waals surface area contributed by atoms with Gasteiger partial charge in [0.25, 0.3) is 0 Å². The van der Waals surface area contributed by atoms with E-state index in [2.05, 4.69) is 21.2 Å². The smallest absolute Gasteiger partial charge is 0.243 e. The summed E-state index contributed by atoms with van der Waals surface area (Å²) in [7, 11) is -3.67. The summed E-state index contributed by atoms with van der Waals surface area (Å²) in [6.45, 7) is 0.352. The Hall–Kier alpha value is -1.70. The van der Waals surface area contributed by atoms with Gasteiger partial charge in [-0.1, -0.05) is 30.3 Å². The lowest BCUT2D eigenvalue weighted by Crippen LogP contribution is -2.43. The fourth-order valence-electron chi connectivity index (χ4n) is 2.80. The molecule has 1 fully saturated rings. The first kappa shape index (κ1) is 17.1. The van der Waals surface area contributed by atoms with Crippen molar-refractivity contribution in [1.82, 2.24) is 4.31 Å². The summed E-state index contributed by atoms with van der Waals surface area (Å²) in [5.74, 6) is -0.307. The highest BCUT2D eigenvalue weighted by Gasteiger charge is 2.39. The Bertz CT molecular complexity index is 840. The predicted molar refractivity (Wildman–Crippen MR) is 96.1 cm³/mol. The Morgan fingerprint density at radius 2 is 1.75 bits per heavy atom. The van der Waals surface area contributed by atoms with E-state index in [4.69, 9.17) is 0 Å². The molecular weight excluding hydrogens is 392 g/mol. The van der Waals surface area contributed by atoms with Crippen molar-refractivity contribution in [1.29, 1.82) is 0 Å². The van der Waals surface area contributed by atoms with E-state index in [0.29, 0.717) is 25.1 Å². The van der Waals surface area contributed by atoms with Crippen LogP contribution >= 0.6 is 15.9 Å². The summed E-state index contributed by atoms with van der Waals surface area (Å²) in [4.78, 5) is 12.8. The number of para-hydroxylation sites is 1. The first-order chi connectivity index (χ1) is 11.5. The monoisotopic (exact) mass is 408 g/mol. The summed E-state index contributed by atoms with van der Waals surface area (Å²) < 4.78 is 27.7. The molecule has 0 saturated carbocycles. The number of hydrogen-bond donors (Lipinski definition) is 1. The van der Waals surface area contributed by atoms with Crippen LogP contribution in [-0.2, 0) is 14.8 Å². The molecule has 1 amide bonds. The van der Waals surface area contributed by atoms with E-state index in [1.54, 1.807) is 36.4 Å². The molecule has 2 aromatic carbocycles. The van der Waals surface area contributed by atoms with Crippen molar-refractivity contribution in [2.24, 2.45) is 0 Å². The molecule has 1 atom stereocenters. The molecule has 0 aliphatic carbocycles. The Morgan fingerprint density at radius 3 is 2.46 bits per heavy atom. The first-order valence-corrected chi connectivity index (χ1v) is 9.86. The normalized spacial score (nSPS) is 18.5. The summed E-state index contributed by atoms with van der Waals surface area (Å²) in [5, 5.41) is 2.81. The summed E-state index contributed by atoms with van der Waals surface area (Å²) in [5.41, 5.74) is 0.631. The van der Waals surface area contributed by atoms with Crippen LogP contribution in [0.15, 0.2) is 64.0 Å². The highest BCUT2D eigenvalue weighted by Crippen LogP contribution is 2.28. The summed E-state index contributed by atoms with van der Waals surface area (Å²) in [6, 6.07) is 14.8. The van der Waals surface area contributed by atoms with E-state index >= 15 is 0 Å². The van der Waals surface area contributed by atoms with Crippen LogP contribution in [-0.4, -0.2) is 31.2 Å². The average Bonchev–Trinajstić information content (AvgIpc) is 3.08. The van der Waals surface area contributed by atoms with Crippen LogP contribution < -0.4 is 5.32 Å². The van der Waals surface area contributed by atoms with Crippen LogP contribution in [0.25, 0.3) is 0 Å². The van der Waals surface area contributed by atoms with Gasteiger partial charge in [0.2, 0.25) is 15.9 Å². The number of amides is 1. The number of halogens is 1. The third kappa shape index (κ3) is 3.38. The maximum Gasteiger partial charge on any atom is 0.243 e. The lowest BCUT2D eigenvalue weighted by Gasteiger charge is -2.23. The molecule has 1 heterocycles. The molecule has 7 heteroatoms. The first-order valence-electron chi connectivity index (χ1n) is 7.62. The van der Waals surface area contributed by atoms with E-state index in [-0.39, 0.29) is 10.8 Å². The van der Waals surface area contributed by atoms with Crippen LogP contribution in [0, 0.1) is 0 Å². The van der Waals surface area contributed by atoms with Crippen LogP contribution in [0.5, 0.6) is 0 Å². The van der Waals surface area contributed by atoms with Crippen LogP contribution in [0.2, 0.25) is 0 Å².